The lowest BCUT2D eigenvalue weighted by molar-refractivity contribution is 1.10. The molecule has 94 heavy (non-hydrogen) atoms. The molecule has 0 saturated carbocycles. The van der Waals surface area contributed by atoms with Gasteiger partial charge in [0.25, 0.3) is 0 Å². The molecule has 0 spiro atoms. The molecule has 5 heteroatoms. The van der Waals surface area contributed by atoms with Gasteiger partial charge in [-0.1, -0.05) is 291 Å². The molecule has 438 valence electrons. The van der Waals surface area contributed by atoms with Crippen molar-refractivity contribution in [1.82, 2.24) is 24.1 Å². The largest absolute Gasteiger partial charge is 0.292 e. The maximum atomic E-state index is 5.35. The van der Waals surface area contributed by atoms with E-state index in [0.717, 1.165) is 67.3 Å². The van der Waals surface area contributed by atoms with Crippen LogP contribution in [0.2, 0.25) is 0 Å². The van der Waals surface area contributed by atoms with Crippen molar-refractivity contribution in [2.45, 2.75) is 0 Å². The number of hydrogen-bond donors (Lipinski definition) is 0. The second kappa shape index (κ2) is 22.7. The standard InChI is InChI=1S/C46H29N3.C43H28N2/c1-2-12-36(13-3-1)49-42-17-9-8-16-41(42)47-46(49)35-24-20-31(21-25-35)30-18-22-34(23-19-30)43-39-28-26-32-10-4-6-14-37(32)44(39)48-45-38-15-7-5-11-33(38)27-29-40(43)45;1-2-13-31(14-3-1)43-44-39-20-10-11-21-40(39)45(43)34-26-24-30(25-27-34)41-35-16-6-8-18-37(35)42(38-19-9-7-17-36(38)41)33-23-22-29-12-4-5-15-32(29)28-33/h1-29H;1-28H. The van der Waals surface area contributed by atoms with Crippen LogP contribution in [0.25, 0.3) is 176 Å². The Hall–Kier alpha value is -12.6. The smallest absolute Gasteiger partial charge is 0.145 e. The highest BCUT2D eigenvalue weighted by molar-refractivity contribution is 6.23. The van der Waals surface area contributed by atoms with E-state index in [0.29, 0.717) is 0 Å². The highest BCUT2D eigenvalue weighted by Crippen LogP contribution is 2.46. The molecule has 3 heterocycles. The molecule has 19 rings (SSSR count). The average Bonchev–Trinajstić information content (AvgIpc) is 1.03. The summed E-state index contributed by atoms with van der Waals surface area (Å²) < 4.78 is 4.52. The van der Waals surface area contributed by atoms with Gasteiger partial charge in [-0.25, -0.2) is 15.0 Å². The zero-order valence-corrected chi connectivity index (χ0v) is 51.1. The Morgan fingerprint density at radius 1 is 0.191 bits per heavy atom. The molecule has 5 nitrogen and oxygen atoms in total. The topological polar surface area (TPSA) is 48.5 Å². The highest BCUT2D eigenvalue weighted by Gasteiger charge is 2.21. The van der Waals surface area contributed by atoms with E-state index in [9.17, 15) is 0 Å². The molecule has 0 amide bonds. The molecule has 0 aliphatic carbocycles. The van der Waals surface area contributed by atoms with Crippen LogP contribution in [0.4, 0.5) is 0 Å². The van der Waals surface area contributed by atoms with E-state index in [-0.39, 0.29) is 0 Å². The number of nitrogens with zero attached hydrogens (tertiary/aromatic N) is 5. The molecule has 19 aromatic rings. The van der Waals surface area contributed by atoms with Gasteiger partial charge in [0.15, 0.2) is 0 Å². The monoisotopic (exact) mass is 1200 g/mol. The predicted molar refractivity (Wildman–Crippen MR) is 395 cm³/mol. The Kier molecular flexibility index (Phi) is 13.1. The second-order valence-corrected chi connectivity index (χ2v) is 24.2. The second-order valence-electron chi connectivity index (χ2n) is 24.2. The molecule has 3 aromatic heterocycles. The fraction of sp³-hybridized carbons (Fsp3) is 0. The average molecular weight is 1200 g/mol. The van der Waals surface area contributed by atoms with Gasteiger partial charge in [-0.15, -0.1) is 0 Å². The zero-order valence-electron chi connectivity index (χ0n) is 51.1. The van der Waals surface area contributed by atoms with Crippen molar-refractivity contribution in [2.75, 3.05) is 0 Å². The van der Waals surface area contributed by atoms with E-state index in [2.05, 4.69) is 337 Å². The number of hydrogen-bond acceptors (Lipinski definition) is 3. The van der Waals surface area contributed by atoms with Crippen molar-refractivity contribution < 1.29 is 0 Å². The summed E-state index contributed by atoms with van der Waals surface area (Å²) in [6, 6.07) is 124. The summed E-state index contributed by atoms with van der Waals surface area (Å²) in [7, 11) is 0. The van der Waals surface area contributed by atoms with Gasteiger partial charge in [0.05, 0.1) is 33.1 Å². The molecule has 0 bridgehead atoms. The Balaban J connectivity index is 0.000000138. The van der Waals surface area contributed by atoms with E-state index in [1.165, 1.54) is 109 Å². The van der Waals surface area contributed by atoms with E-state index < -0.39 is 0 Å². The lowest BCUT2D eigenvalue weighted by Gasteiger charge is -2.18. The van der Waals surface area contributed by atoms with Crippen molar-refractivity contribution in [3.63, 3.8) is 0 Å². The SMILES string of the molecule is c1ccc(-c2nc3ccccc3n2-c2ccc(-c3c4ccccc4c(-c4ccc5ccccc5c4)c4ccccc34)cc2)cc1.c1ccc(-n2c(-c3ccc(-c4ccc(-c5c6ccc7ccccc7c6nc6c5ccc5ccccc56)cc4)cc3)nc3ccccc32)cc1. The van der Waals surface area contributed by atoms with Crippen molar-refractivity contribution >= 4 is 97.7 Å². The minimum atomic E-state index is 0.936. The first kappa shape index (κ1) is 54.4. The first-order valence-electron chi connectivity index (χ1n) is 32.1. The number of imidazole rings is 2. The molecule has 0 radical (unpaired) electrons. The first-order chi connectivity index (χ1) is 46.6. The van der Waals surface area contributed by atoms with Crippen LogP contribution >= 0.6 is 0 Å². The Morgan fingerprint density at radius 3 is 1.05 bits per heavy atom. The molecule has 0 atom stereocenters. The summed E-state index contributed by atoms with van der Waals surface area (Å²) >= 11 is 0. The molecule has 0 fully saturated rings. The Bertz CT molecular complexity index is 5980. The molecule has 16 aromatic carbocycles. The minimum absolute atomic E-state index is 0.936. The quantitative estimate of drug-likeness (QED) is 0.113. The van der Waals surface area contributed by atoms with Crippen LogP contribution in [0.1, 0.15) is 0 Å². The lowest BCUT2D eigenvalue weighted by atomic mass is 9.85. The van der Waals surface area contributed by atoms with Crippen molar-refractivity contribution in [3.05, 3.63) is 346 Å². The van der Waals surface area contributed by atoms with Gasteiger partial charge < -0.3 is 0 Å². The van der Waals surface area contributed by atoms with Gasteiger partial charge in [0.2, 0.25) is 0 Å². The van der Waals surface area contributed by atoms with E-state index in [1.807, 2.05) is 18.2 Å². The Labute approximate surface area is 543 Å². The fourth-order valence-corrected chi connectivity index (χ4v) is 14.4. The zero-order chi connectivity index (χ0) is 62.1. The van der Waals surface area contributed by atoms with E-state index in [4.69, 9.17) is 15.0 Å². The first-order valence-corrected chi connectivity index (χ1v) is 32.1. The number of fused-ring (bicyclic) bond motifs is 11. The number of para-hydroxylation sites is 5. The molecular formula is C89H57N5. The van der Waals surface area contributed by atoms with Crippen LogP contribution in [0.5, 0.6) is 0 Å². The summed E-state index contributed by atoms with van der Waals surface area (Å²) in [5, 5.41) is 14.6. The molecule has 0 aliphatic rings. The normalized spacial score (nSPS) is 11.6. The number of rotatable bonds is 8. The highest BCUT2D eigenvalue weighted by atomic mass is 15.1. The van der Waals surface area contributed by atoms with Crippen LogP contribution in [-0.4, -0.2) is 24.1 Å². The third-order valence-corrected chi connectivity index (χ3v) is 18.8. The molecule has 0 N–H and O–H groups in total. The maximum absolute atomic E-state index is 5.35. The maximum Gasteiger partial charge on any atom is 0.145 e. The number of benzene rings is 16. The van der Waals surface area contributed by atoms with Gasteiger partial charge in [-0.2, -0.15) is 0 Å². The van der Waals surface area contributed by atoms with Gasteiger partial charge in [0.1, 0.15) is 11.6 Å². The summed E-state index contributed by atoms with van der Waals surface area (Å²) in [4.78, 5) is 15.4. The van der Waals surface area contributed by atoms with Crippen molar-refractivity contribution in [2.24, 2.45) is 0 Å². The molecular weight excluding hydrogens is 1140 g/mol. The molecule has 0 unspecified atom stereocenters. The van der Waals surface area contributed by atoms with Gasteiger partial charge >= 0.3 is 0 Å². The minimum Gasteiger partial charge on any atom is -0.292 e. The van der Waals surface area contributed by atoms with Gasteiger partial charge in [-0.3, -0.25) is 9.13 Å². The van der Waals surface area contributed by atoms with Crippen LogP contribution < -0.4 is 0 Å². The van der Waals surface area contributed by atoms with Gasteiger partial charge in [0, 0.05) is 49.6 Å². The number of aromatic nitrogens is 5. The molecule has 0 aliphatic heterocycles. The van der Waals surface area contributed by atoms with Gasteiger partial charge in [-0.05, 0) is 137 Å². The summed E-state index contributed by atoms with van der Waals surface area (Å²) in [6.07, 6.45) is 0. The van der Waals surface area contributed by atoms with Crippen molar-refractivity contribution in [3.8, 4) is 78.7 Å². The predicted octanol–water partition coefficient (Wildman–Crippen LogP) is 23.5. The molecule has 0 saturated heterocycles. The van der Waals surface area contributed by atoms with Crippen LogP contribution in [0.3, 0.4) is 0 Å². The van der Waals surface area contributed by atoms with E-state index >= 15 is 0 Å². The van der Waals surface area contributed by atoms with Crippen molar-refractivity contribution in [1.29, 1.82) is 0 Å². The third-order valence-electron chi connectivity index (χ3n) is 18.8. The lowest BCUT2D eigenvalue weighted by Crippen LogP contribution is -1.97. The van der Waals surface area contributed by atoms with Crippen LogP contribution in [0, 0.1) is 0 Å². The number of pyridine rings is 1. The van der Waals surface area contributed by atoms with Crippen LogP contribution in [0.15, 0.2) is 346 Å². The summed E-state index contributed by atoms with van der Waals surface area (Å²) in [5.41, 5.74) is 20.3. The summed E-state index contributed by atoms with van der Waals surface area (Å²) in [6.45, 7) is 0. The van der Waals surface area contributed by atoms with E-state index in [1.54, 1.807) is 0 Å². The van der Waals surface area contributed by atoms with Crippen LogP contribution in [-0.2, 0) is 0 Å². The Morgan fingerprint density at radius 2 is 0.532 bits per heavy atom. The fourth-order valence-electron chi connectivity index (χ4n) is 14.4. The third kappa shape index (κ3) is 9.28. The summed E-state index contributed by atoms with van der Waals surface area (Å²) in [5.74, 6) is 1.88.